The quantitative estimate of drug-likeness (QED) is 0.469. The van der Waals surface area contributed by atoms with Gasteiger partial charge in [-0.3, -0.25) is 19.3 Å². The molecule has 4 heterocycles. The van der Waals surface area contributed by atoms with Gasteiger partial charge in [-0.15, -0.1) is 0 Å². The Morgan fingerprint density at radius 1 is 1.18 bits per heavy atom. The Morgan fingerprint density at radius 3 is 2.71 bits per heavy atom. The number of carbonyl (C=O) groups excluding carboxylic acids is 3. The molecule has 3 N–H and O–H groups in total. The Kier molecular flexibility index (Phi) is 4.53. The molecule has 3 saturated heterocycles. The predicted molar refractivity (Wildman–Crippen MR) is 122 cm³/mol. The van der Waals surface area contributed by atoms with Gasteiger partial charge in [0.25, 0.3) is 0 Å². The lowest BCUT2D eigenvalue weighted by atomic mass is 9.75. The summed E-state index contributed by atoms with van der Waals surface area (Å²) in [6.07, 6.45) is 2.37. The second-order valence-corrected chi connectivity index (χ2v) is 9.68. The first-order valence-electron chi connectivity index (χ1n) is 11.7. The maximum Gasteiger partial charge on any atom is 0.250 e. The van der Waals surface area contributed by atoms with Crippen LogP contribution in [0.3, 0.4) is 0 Å². The molecule has 5 unspecified atom stereocenters. The van der Waals surface area contributed by atoms with Gasteiger partial charge in [0.1, 0.15) is 5.54 Å². The molecule has 4 aliphatic heterocycles. The number of nitrogens with zero attached hydrogens (tertiary/aromatic N) is 2. The van der Waals surface area contributed by atoms with Crippen molar-refractivity contribution in [3.05, 3.63) is 58.3 Å². The summed E-state index contributed by atoms with van der Waals surface area (Å²) in [7, 11) is 0. The average molecular weight is 463 g/mol. The molecule has 34 heavy (non-hydrogen) atoms. The first-order chi connectivity index (χ1) is 16.3. The van der Waals surface area contributed by atoms with Crippen LogP contribution in [0.5, 0.6) is 0 Å². The number of benzene rings is 2. The Hall–Kier alpha value is -3.11. The molecule has 0 aliphatic carbocycles. The highest BCUT2D eigenvalue weighted by atomic mass is 16.8. The van der Waals surface area contributed by atoms with E-state index >= 15 is 0 Å². The van der Waals surface area contributed by atoms with Crippen molar-refractivity contribution in [2.45, 2.75) is 44.7 Å². The zero-order chi connectivity index (χ0) is 23.9. The van der Waals surface area contributed by atoms with Crippen LogP contribution in [0.15, 0.2) is 36.4 Å². The smallest absolute Gasteiger partial charge is 0.250 e. The van der Waals surface area contributed by atoms with Crippen LogP contribution < -0.4 is 15.4 Å². The molecule has 1 spiro atoms. The van der Waals surface area contributed by atoms with Crippen molar-refractivity contribution in [3.8, 4) is 0 Å². The molecule has 9 heteroatoms. The number of hydrogen-bond donors (Lipinski definition) is 3. The number of rotatable bonds is 3. The molecule has 0 saturated carbocycles. The molecular formula is C25H26N4O5. The number of imide groups is 1. The fourth-order valence-electron chi connectivity index (χ4n) is 6.70. The highest BCUT2D eigenvalue weighted by Crippen LogP contribution is 2.60. The first-order valence-corrected chi connectivity index (χ1v) is 11.7. The molecule has 2 aromatic rings. The molecule has 6 rings (SSSR count). The van der Waals surface area contributed by atoms with E-state index in [-0.39, 0.29) is 29.2 Å². The minimum atomic E-state index is -1.23. The van der Waals surface area contributed by atoms with E-state index < -0.39 is 28.5 Å². The van der Waals surface area contributed by atoms with Crippen molar-refractivity contribution in [2.75, 3.05) is 16.8 Å². The topological polar surface area (TPSA) is 117 Å². The number of aryl methyl sites for hydroxylation is 2. The summed E-state index contributed by atoms with van der Waals surface area (Å²) in [6, 6.07) is 10.2. The van der Waals surface area contributed by atoms with Crippen LogP contribution in [0.1, 0.15) is 36.5 Å². The molecule has 4 aliphatic rings. The zero-order valence-corrected chi connectivity index (χ0v) is 19.0. The number of anilines is 2. The van der Waals surface area contributed by atoms with Gasteiger partial charge in [0.2, 0.25) is 17.7 Å². The van der Waals surface area contributed by atoms with Crippen molar-refractivity contribution < 1.29 is 24.8 Å². The Bertz CT molecular complexity index is 1260. The number of quaternary nitrogens is 1. The second kappa shape index (κ2) is 7.19. The van der Waals surface area contributed by atoms with Gasteiger partial charge in [0.15, 0.2) is 5.69 Å². The van der Waals surface area contributed by atoms with Gasteiger partial charge in [-0.2, -0.15) is 5.23 Å². The molecule has 0 aromatic heterocycles. The van der Waals surface area contributed by atoms with Crippen LogP contribution in [0.4, 0.5) is 17.1 Å². The standard InChI is InChI=1S/C25H26N4O5/c1-3-14-7-9-17-16(11-14)25(24(32)26-17)21-20(18-5-4-10-27(18)25)22(30)28(23(21)31)15-8-6-13(2)19(12-15)29(33)34/h6-9,11-12,18,20-21,29,33H,3-5,10H2,1-2H3,(H,26,32). The van der Waals surface area contributed by atoms with E-state index in [2.05, 4.69) is 10.2 Å². The maximum atomic E-state index is 14.0. The summed E-state index contributed by atoms with van der Waals surface area (Å²) in [4.78, 5) is 44.7. The molecule has 176 valence electrons. The van der Waals surface area contributed by atoms with Crippen molar-refractivity contribution in [3.63, 3.8) is 0 Å². The van der Waals surface area contributed by atoms with E-state index in [1.165, 1.54) is 6.07 Å². The van der Waals surface area contributed by atoms with Gasteiger partial charge in [-0.25, -0.2) is 10.1 Å². The fraction of sp³-hybridized carbons (Fsp3) is 0.400. The maximum absolute atomic E-state index is 14.0. The third-order valence-electron chi connectivity index (χ3n) is 8.17. The summed E-state index contributed by atoms with van der Waals surface area (Å²) in [5.74, 6) is -2.54. The van der Waals surface area contributed by atoms with Gasteiger partial charge in [0, 0.05) is 28.9 Å². The highest BCUT2D eigenvalue weighted by molar-refractivity contribution is 6.26. The summed E-state index contributed by atoms with van der Waals surface area (Å²) in [5, 5.41) is 23.1. The number of carbonyl (C=O) groups is 3. The Labute approximate surface area is 196 Å². The van der Waals surface area contributed by atoms with Gasteiger partial charge in [-0.1, -0.05) is 25.1 Å². The Balaban J connectivity index is 1.53. The van der Waals surface area contributed by atoms with Gasteiger partial charge >= 0.3 is 0 Å². The van der Waals surface area contributed by atoms with E-state index in [0.29, 0.717) is 17.8 Å². The zero-order valence-electron chi connectivity index (χ0n) is 19.0. The molecule has 0 bridgehead atoms. The third kappa shape index (κ3) is 2.50. The molecule has 3 fully saturated rings. The van der Waals surface area contributed by atoms with Crippen LogP contribution in [0.2, 0.25) is 0 Å². The number of nitrogens with one attached hydrogen (secondary N) is 2. The summed E-state index contributed by atoms with van der Waals surface area (Å²) < 4.78 is 0. The summed E-state index contributed by atoms with van der Waals surface area (Å²) >= 11 is 0. The minimum absolute atomic E-state index is 0.0453. The molecule has 0 radical (unpaired) electrons. The van der Waals surface area contributed by atoms with E-state index in [1.54, 1.807) is 19.1 Å². The van der Waals surface area contributed by atoms with Crippen LogP contribution in [-0.2, 0) is 26.3 Å². The Morgan fingerprint density at radius 2 is 1.97 bits per heavy atom. The van der Waals surface area contributed by atoms with Gasteiger partial charge < -0.3 is 10.5 Å². The molecule has 9 nitrogen and oxygen atoms in total. The number of fused-ring (bicyclic) bond motifs is 7. The lowest BCUT2D eigenvalue weighted by Gasteiger charge is -2.36. The monoisotopic (exact) mass is 462 g/mol. The predicted octanol–water partition coefficient (Wildman–Crippen LogP) is 1.39. The average Bonchev–Trinajstić information content (AvgIpc) is 3.52. The lowest BCUT2D eigenvalue weighted by molar-refractivity contribution is -0.991. The van der Waals surface area contributed by atoms with E-state index in [0.717, 1.165) is 35.3 Å². The van der Waals surface area contributed by atoms with Crippen LogP contribution in [0.25, 0.3) is 0 Å². The molecule has 2 aromatic carbocycles. The van der Waals surface area contributed by atoms with Crippen molar-refractivity contribution in [1.82, 2.24) is 4.90 Å². The molecular weight excluding hydrogens is 436 g/mol. The lowest BCUT2D eigenvalue weighted by Crippen LogP contribution is -2.99. The highest BCUT2D eigenvalue weighted by Gasteiger charge is 2.74. The molecule has 3 amide bonds. The van der Waals surface area contributed by atoms with E-state index in [4.69, 9.17) is 0 Å². The van der Waals surface area contributed by atoms with Crippen molar-refractivity contribution >= 4 is 34.8 Å². The summed E-state index contributed by atoms with van der Waals surface area (Å²) in [6.45, 7) is 4.36. The SMILES string of the molecule is CCc1ccc2c(c1)C1(C(=O)N2)C2C(=O)N(c3ccc(C)c([NH+]([O-])O)c3)C(=O)C2C2CCCN21. The van der Waals surface area contributed by atoms with Gasteiger partial charge in [0.05, 0.1) is 17.5 Å². The van der Waals surface area contributed by atoms with Crippen molar-refractivity contribution in [1.29, 1.82) is 0 Å². The van der Waals surface area contributed by atoms with Crippen LogP contribution >= 0.6 is 0 Å². The van der Waals surface area contributed by atoms with E-state index in [1.807, 2.05) is 25.1 Å². The normalized spacial score (nSPS) is 30.6. The summed E-state index contributed by atoms with van der Waals surface area (Å²) in [5.41, 5.74) is 2.13. The largest absolute Gasteiger partial charge is 0.595 e. The third-order valence-corrected chi connectivity index (χ3v) is 8.17. The van der Waals surface area contributed by atoms with Gasteiger partial charge in [-0.05, 0) is 50.4 Å². The van der Waals surface area contributed by atoms with Crippen molar-refractivity contribution in [2.24, 2.45) is 11.8 Å². The fourth-order valence-corrected chi connectivity index (χ4v) is 6.70. The molecule has 5 atom stereocenters. The van der Waals surface area contributed by atoms with Crippen LogP contribution in [0, 0.1) is 24.0 Å². The number of amides is 3. The second-order valence-electron chi connectivity index (χ2n) is 9.68. The van der Waals surface area contributed by atoms with Crippen LogP contribution in [-0.4, -0.2) is 40.4 Å². The minimum Gasteiger partial charge on any atom is -0.595 e. The first kappa shape index (κ1) is 21.4. The number of hydrogen-bond acceptors (Lipinski definition) is 6. The van der Waals surface area contributed by atoms with E-state index in [9.17, 15) is 24.8 Å².